The summed E-state index contributed by atoms with van der Waals surface area (Å²) in [5.74, 6) is 1.74. The maximum Gasteiger partial charge on any atom is 0.169 e. The van der Waals surface area contributed by atoms with Crippen LogP contribution in [0.4, 0.5) is 0 Å². The fourth-order valence-corrected chi connectivity index (χ4v) is 2.01. The number of aryl methyl sites for hydroxylation is 1. The van der Waals surface area contributed by atoms with Crippen LogP contribution in [0.2, 0.25) is 5.02 Å². The molecule has 0 bridgehead atoms. The van der Waals surface area contributed by atoms with E-state index < -0.39 is 0 Å². The molecule has 2 rings (SSSR count). The number of methoxy groups -OCH3 is 1. The quantitative estimate of drug-likeness (QED) is 0.827. The van der Waals surface area contributed by atoms with E-state index in [1.165, 1.54) is 5.56 Å². The van der Waals surface area contributed by atoms with E-state index in [-0.39, 0.29) is 0 Å². The molecule has 0 aliphatic rings. The van der Waals surface area contributed by atoms with Gasteiger partial charge in [-0.15, -0.1) is 0 Å². The van der Waals surface area contributed by atoms with Crippen LogP contribution in [0, 0.1) is 11.3 Å². The van der Waals surface area contributed by atoms with Gasteiger partial charge in [0.2, 0.25) is 0 Å². The molecule has 0 radical (unpaired) electrons. The molecule has 0 aromatic heterocycles. The Morgan fingerprint density at radius 2 is 1.85 bits per heavy atom. The van der Waals surface area contributed by atoms with Crippen LogP contribution in [0.1, 0.15) is 18.1 Å². The maximum atomic E-state index is 8.81. The first-order chi connectivity index (χ1) is 9.67. The molecule has 20 heavy (non-hydrogen) atoms. The predicted octanol–water partition coefficient (Wildman–Crippen LogP) is 4.57. The number of hydrogen-bond acceptors (Lipinski definition) is 3. The van der Waals surface area contributed by atoms with Crippen LogP contribution in [0.15, 0.2) is 36.4 Å². The van der Waals surface area contributed by atoms with E-state index in [4.69, 9.17) is 26.3 Å². The molecular weight excluding hydrogens is 274 g/mol. The first-order valence-corrected chi connectivity index (χ1v) is 6.60. The van der Waals surface area contributed by atoms with Crippen LogP contribution in [0.25, 0.3) is 0 Å². The third kappa shape index (κ3) is 3.04. The van der Waals surface area contributed by atoms with E-state index in [1.807, 2.05) is 24.3 Å². The zero-order chi connectivity index (χ0) is 14.5. The predicted molar refractivity (Wildman–Crippen MR) is 78.6 cm³/mol. The van der Waals surface area contributed by atoms with Gasteiger partial charge in [-0.1, -0.05) is 24.6 Å². The molecule has 0 aliphatic heterocycles. The highest BCUT2D eigenvalue weighted by molar-refractivity contribution is 6.32. The summed E-state index contributed by atoms with van der Waals surface area (Å²) in [5.41, 5.74) is 1.66. The SMILES string of the molecule is CCc1ccc(Oc2ccc(C#N)cc2Cl)c(OC)c1. The highest BCUT2D eigenvalue weighted by atomic mass is 35.5. The summed E-state index contributed by atoms with van der Waals surface area (Å²) in [5, 5.41) is 9.21. The highest BCUT2D eigenvalue weighted by Gasteiger charge is 2.09. The van der Waals surface area contributed by atoms with Crippen LogP contribution in [-0.4, -0.2) is 7.11 Å². The van der Waals surface area contributed by atoms with Crippen LogP contribution in [-0.2, 0) is 6.42 Å². The maximum absolute atomic E-state index is 8.81. The van der Waals surface area contributed by atoms with Gasteiger partial charge < -0.3 is 9.47 Å². The Hall–Kier alpha value is -2.18. The zero-order valence-electron chi connectivity index (χ0n) is 11.3. The number of nitrogens with zero attached hydrogens (tertiary/aromatic N) is 1. The van der Waals surface area contributed by atoms with Gasteiger partial charge in [0.1, 0.15) is 5.75 Å². The van der Waals surface area contributed by atoms with Crippen LogP contribution >= 0.6 is 11.6 Å². The highest BCUT2D eigenvalue weighted by Crippen LogP contribution is 2.35. The standard InChI is InChI=1S/C16H14ClNO2/c1-3-11-4-7-15(16(9-11)19-2)20-14-6-5-12(10-18)8-13(14)17/h4-9H,3H2,1-2H3. The van der Waals surface area contributed by atoms with Crippen molar-refractivity contribution in [3.8, 4) is 23.3 Å². The van der Waals surface area contributed by atoms with Crippen molar-refractivity contribution in [2.75, 3.05) is 7.11 Å². The Morgan fingerprint density at radius 1 is 1.10 bits per heavy atom. The van der Waals surface area contributed by atoms with E-state index in [1.54, 1.807) is 25.3 Å². The molecule has 0 aliphatic carbocycles. The number of ether oxygens (including phenoxy) is 2. The van der Waals surface area contributed by atoms with Gasteiger partial charge in [0.05, 0.1) is 23.8 Å². The molecule has 102 valence electrons. The lowest BCUT2D eigenvalue weighted by Crippen LogP contribution is -1.93. The van der Waals surface area contributed by atoms with Crippen molar-refractivity contribution < 1.29 is 9.47 Å². The Kier molecular flexibility index (Phi) is 4.49. The molecule has 4 heteroatoms. The lowest BCUT2D eigenvalue weighted by Gasteiger charge is -2.12. The van der Waals surface area contributed by atoms with Crippen LogP contribution in [0.3, 0.4) is 0 Å². The molecule has 0 fully saturated rings. The number of rotatable bonds is 4. The number of halogens is 1. The molecular formula is C16H14ClNO2. The number of nitriles is 1. The van der Waals surface area contributed by atoms with Gasteiger partial charge in [-0.2, -0.15) is 5.26 Å². The van der Waals surface area contributed by atoms with Crippen molar-refractivity contribution in [2.45, 2.75) is 13.3 Å². The zero-order valence-corrected chi connectivity index (χ0v) is 12.1. The molecule has 2 aromatic rings. The topological polar surface area (TPSA) is 42.2 Å². The Labute approximate surface area is 123 Å². The number of benzene rings is 2. The molecule has 0 saturated heterocycles. The average Bonchev–Trinajstić information content (AvgIpc) is 2.49. The summed E-state index contributed by atoms with van der Waals surface area (Å²) in [6.45, 7) is 2.08. The molecule has 2 aromatic carbocycles. The van der Waals surface area contributed by atoms with Crippen molar-refractivity contribution in [3.05, 3.63) is 52.5 Å². The number of hydrogen-bond donors (Lipinski definition) is 0. The fourth-order valence-electron chi connectivity index (χ4n) is 1.79. The second-order valence-electron chi connectivity index (χ2n) is 4.20. The minimum Gasteiger partial charge on any atom is -0.493 e. The second-order valence-corrected chi connectivity index (χ2v) is 4.61. The molecule has 0 unspecified atom stereocenters. The third-order valence-corrected chi connectivity index (χ3v) is 3.21. The Bertz CT molecular complexity index is 662. The minimum absolute atomic E-state index is 0.394. The largest absolute Gasteiger partial charge is 0.493 e. The molecule has 0 spiro atoms. The van der Waals surface area contributed by atoms with Gasteiger partial charge in [0.15, 0.2) is 11.5 Å². The lowest BCUT2D eigenvalue weighted by atomic mass is 10.1. The van der Waals surface area contributed by atoms with E-state index in [0.717, 1.165) is 6.42 Å². The molecule has 0 amide bonds. The van der Waals surface area contributed by atoms with Crippen molar-refractivity contribution in [3.63, 3.8) is 0 Å². The van der Waals surface area contributed by atoms with Gasteiger partial charge in [-0.25, -0.2) is 0 Å². The summed E-state index contributed by atoms with van der Waals surface area (Å²) in [6, 6.07) is 12.7. The van der Waals surface area contributed by atoms with Gasteiger partial charge in [0.25, 0.3) is 0 Å². The molecule has 0 heterocycles. The van der Waals surface area contributed by atoms with Gasteiger partial charge in [0, 0.05) is 0 Å². The molecule has 0 N–H and O–H groups in total. The summed E-state index contributed by atoms with van der Waals surface area (Å²) in [6.07, 6.45) is 0.925. The van der Waals surface area contributed by atoms with Gasteiger partial charge in [-0.3, -0.25) is 0 Å². The summed E-state index contributed by atoms with van der Waals surface area (Å²) < 4.78 is 11.1. The third-order valence-electron chi connectivity index (χ3n) is 2.92. The first-order valence-electron chi connectivity index (χ1n) is 6.22. The van der Waals surface area contributed by atoms with E-state index >= 15 is 0 Å². The molecule has 3 nitrogen and oxygen atoms in total. The van der Waals surface area contributed by atoms with Crippen LogP contribution < -0.4 is 9.47 Å². The fraction of sp³-hybridized carbons (Fsp3) is 0.188. The monoisotopic (exact) mass is 287 g/mol. The minimum atomic E-state index is 0.394. The van der Waals surface area contributed by atoms with Crippen molar-refractivity contribution in [2.24, 2.45) is 0 Å². The summed E-state index contributed by atoms with van der Waals surface area (Å²) >= 11 is 6.10. The summed E-state index contributed by atoms with van der Waals surface area (Å²) in [7, 11) is 1.60. The molecule has 0 atom stereocenters. The second kappa shape index (κ2) is 6.31. The van der Waals surface area contributed by atoms with Crippen LogP contribution in [0.5, 0.6) is 17.2 Å². The van der Waals surface area contributed by atoms with Crippen molar-refractivity contribution >= 4 is 11.6 Å². The smallest absolute Gasteiger partial charge is 0.169 e. The lowest BCUT2D eigenvalue weighted by molar-refractivity contribution is 0.378. The average molecular weight is 288 g/mol. The van der Waals surface area contributed by atoms with E-state index in [0.29, 0.717) is 27.8 Å². The van der Waals surface area contributed by atoms with Crippen molar-refractivity contribution in [1.29, 1.82) is 5.26 Å². The Morgan fingerprint density at radius 3 is 2.45 bits per heavy atom. The van der Waals surface area contributed by atoms with Gasteiger partial charge in [-0.05, 0) is 42.3 Å². The van der Waals surface area contributed by atoms with E-state index in [9.17, 15) is 0 Å². The first kappa shape index (κ1) is 14.2. The normalized spacial score (nSPS) is 9.90. The molecule has 0 saturated carbocycles. The van der Waals surface area contributed by atoms with Gasteiger partial charge >= 0.3 is 0 Å². The Balaban J connectivity index is 2.32. The van der Waals surface area contributed by atoms with E-state index in [2.05, 4.69) is 6.92 Å². The van der Waals surface area contributed by atoms with Crippen molar-refractivity contribution in [1.82, 2.24) is 0 Å². The summed E-state index contributed by atoms with van der Waals surface area (Å²) in [4.78, 5) is 0.